The van der Waals surface area contributed by atoms with E-state index in [1.807, 2.05) is 36.4 Å². The molecule has 4 heteroatoms. The summed E-state index contributed by atoms with van der Waals surface area (Å²) < 4.78 is 38.0. The van der Waals surface area contributed by atoms with Crippen LogP contribution in [0.5, 0.6) is 0 Å². The molecule has 0 bridgehead atoms. The molecule has 0 saturated carbocycles. The molecule has 2 aromatic carbocycles. The van der Waals surface area contributed by atoms with Crippen LogP contribution in [-0.2, 0) is 6.42 Å². The average Bonchev–Trinajstić information content (AvgIpc) is 2.34. The summed E-state index contributed by atoms with van der Waals surface area (Å²) in [6.45, 7) is 0. The Morgan fingerprint density at radius 1 is 1.06 bits per heavy atom. The quantitative estimate of drug-likeness (QED) is 0.882. The van der Waals surface area contributed by atoms with Gasteiger partial charge < -0.3 is 5.32 Å². The zero-order valence-electron chi connectivity index (χ0n) is 9.96. The highest BCUT2D eigenvalue weighted by Gasteiger charge is 2.38. The first-order valence-electron chi connectivity index (χ1n) is 5.72. The molecule has 0 saturated heterocycles. The highest BCUT2D eigenvalue weighted by Crippen LogP contribution is 2.24. The van der Waals surface area contributed by atoms with Gasteiger partial charge in [0.1, 0.15) is 6.04 Å². The first kappa shape index (κ1) is 12.9. The first-order chi connectivity index (χ1) is 8.50. The first-order valence-corrected chi connectivity index (χ1v) is 5.72. The van der Waals surface area contributed by atoms with Gasteiger partial charge in [0, 0.05) is 0 Å². The van der Waals surface area contributed by atoms with Gasteiger partial charge in [0.05, 0.1) is 0 Å². The van der Waals surface area contributed by atoms with E-state index >= 15 is 0 Å². The lowest BCUT2D eigenvalue weighted by Crippen LogP contribution is -2.41. The molecule has 1 N–H and O–H groups in total. The molecule has 0 aromatic heterocycles. The van der Waals surface area contributed by atoms with Crippen molar-refractivity contribution in [2.75, 3.05) is 7.05 Å². The van der Waals surface area contributed by atoms with E-state index in [0.29, 0.717) is 5.56 Å². The molecule has 96 valence electrons. The molecule has 0 amide bonds. The van der Waals surface area contributed by atoms with Gasteiger partial charge in [-0.15, -0.1) is 0 Å². The summed E-state index contributed by atoms with van der Waals surface area (Å²) in [7, 11) is 1.33. The Labute approximate surface area is 104 Å². The van der Waals surface area contributed by atoms with Gasteiger partial charge in [-0.1, -0.05) is 42.5 Å². The van der Waals surface area contributed by atoms with Crippen LogP contribution in [0.15, 0.2) is 42.5 Å². The van der Waals surface area contributed by atoms with E-state index in [1.54, 1.807) is 6.07 Å². The fourth-order valence-electron chi connectivity index (χ4n) is 1.98. The van der Waals surface area contributed by atoms with Crippen molar-refractivity contribution in [1.29, 1.82) is 0 Å². The number of benzene rings is 2. The maximum absolute atomic E-state index is 12.7. The number of hydrogen-bond acceptors (Lipinski definition) is 1. The molecule has 0 radical (unpaired) electrons. The van der Waals surface area contributed by atoms with Gasteiger partial charge in [-0.25, -0.2) is 0 Å². The normalized spacial score (nSPS) is 13.8. The summed E-state index contributed by atoms with van der Waals surface area (Å²) in [5, 5.41) is 4.31. The molecule has 0 fully saturated rings. The van der Waals surface area contributed by atoms with E-state index in [-0.39, 0.29) is 6.42 Å². The van der Waals surface area contributed by atoms with E-state index < -0.39 is 12.2 Å². The maximum Gasteiger partial charge on any atom is 0.404 e. The third-order valence-corrected chi connectivity index (χ3v) is 3.00. The number of alkyl halides is 3. The minimum atomic E-state index is -4.22. The second kappa shape index (κ2) is 4.98. The van der Waals surface area contributed by atoms with Crippen LogP contribution in [0.25, 0.3) is 10.8 Å². The fraction of sp³-hybridized carbons (Fsp3) is 0.286. The Balaban J connectivity index is 2.26. The molecule has 0 spiro atoms. The number of hydrogen-bond donors (Lipinski definition) is 1. The zero-order valence-corrected chi connectivity index (χ0v) is 9.96. The molecule has 0 aliphatic heterocycles. The van der Waals surface area contributed by atoms with Crippen molar-refractivity contribution in [3.05, 3.63) is 48.0 Å². The van der Waals surface area contributed by atoms with Gasteiger partial charge in [-0.05, 0) is 29.8 Å². The van der Waals surface area contributed by atoms with Gasteiger partial charge in [-0.3, -0.25) is 0 Å². The summed E-state index contributed by atoms with van der Waals surface area (Å²) in [5.74, 6) is 0. The number of rotatable bonds is 3. The van der Waals surface area contributed by atoms with Crippen LogP contribution in [0.2, 0.25) is 0 Å². The third-order valence-electron chi connectivity index (χ3n) is 3.00. The average molecular weight is 253 g/mol. The van der Waals surface area contributed by atoms with E-state index in [2.05, 4.69) is 5.32 Å². The van der Waals surface area contributed by atoms with E-state index in [4.69, 9.17) is 0 Å². The number of nitrogens with one attached hydrogen (secondary N) is 1. The number of halogens is 3. The summed E-state index contributed by atoms with van der Waals surface area (Å²) in [6.07, 6.45) is -4.27. The standard InChI is InChI=1S/C14H14F3N/c1-18-13(14(15,16)17)9-10-6-7-11-4-2-3-5-12(11)8-10/h2-8,13,18H,9H2,1H3. The SMILES string of the molecule is CNC(Cc1ccc2ccccc2c1)C(F)(F)F. The second-order valence-corrected chi connectivity index (χ2v) is 4.27. The van der Waals surface area contributed by atoms with Crippen LogP contribution >= 0.6 is 0 Å². The van der Waals surface area contributed by atoms with Gasteiger partial charge in [-0.2, -0.15) is 13.2 Å². The number of likely N-dealkylation sites (N-methyl/N-ethyl adjacent to an activating group) is 1. The van der Waals surface area contributed by atoms with Crippen molar-refractivity contribution < 1.29 is 13.2 Å². The van der Waals surface area contributed by atoms with Crippen molar-refractivity contribution in [3.8, 4) is 0 Å². The Bertz CT molecular complexity index is 534. The van der Waals surface area contributed by atoms with Crippen molar-refractivity contribution in [1.82, 2.24) is 5.32 Å². The molecule has 0 aliphatic rings. The number of fused-ring (bicyclic) bond motifs is 1. The Kier molecular flexibility index (Phi) is 3.57. The van der Waals surface area contributed by atoms with Crippen molar-refractivity contribution >= 4 is 10.8 Å². The lowest BCUT2D eigenvalue weighted by atomic mass is 10.0. The highest BCUT2D eigenvalue weighted by molar-refractivity contribution is 5.82. The van der Waals surface area contributed by atoms with Crippen LogP contribution in [-0.4, -0.2) is 19.3 Å². The third kappa shape index (κ3) is 2.82. The molecule has 1 unspecified atom stereocenters. The predicted molar refractivity (Wildman–Crippen MR) is 66.6 cm³/mol. The monoisotopic (exact) mass is 253 g/mol. The predicted octanol–water partition coefficient (Wildman–Crippen LogP) is 3.53. The summed E-state index contributed by atoms with van der Waals surface area (Å²) in [6, 6.07) is 11.6. The molecule has 2 aromatic rings. The van der Waals surface area contributed by atoms with Crippen LogP contribution in [0, 0.1) is 0 Å². The lowest BCUT2D eigenvalue weighted by Gasteiger charge is -2.19. The van der Waals surface area contributed by atoms with Gasteiger partial charge >= 0.3 is 6.18 Å². The molecule has 0 heterocycles. The minimum absolute atomic E-state index is 0.0508. The van der Waals surface area contributed by atoms with Gasteiger partial charge in [0.15, 0.2) is 0 Å². The van der Waals surface area contributed by atoms with Crippen molar-refractivity contribution in [2.24, 2.45) is 0 Å². The van der Waals surface area contributed by atoms with Crippen molar-refractivity contribution in [3.63, 3.8) is 0 Å². The highest BCUT2D eigenvalue weighted by atomic mass is 19.4. The lowest BCUT2D eigenvalue weighted by molar-refractivity contribution is -0.154. The van der Waals surface area contributed by atoms with Gasteiger partial charge in [0.2, 0.25) is 0 Å². The topological polar surface area (TPSA) is 12.0 Å². The summed E-state index contributed by atoms with van der Waals surface area (Å²) in [4.78, 5) is 0. The van der Waals surface area contributed by atoms with Crippen LogP contribution in [0.3, 0.4) is 0 Å². The zero-order chi connectivity index (χ0) is 13.2. The minimum Gasteiger partial charge on any atom is -0.309 e. The Hall–Kier alpha value is -1.55. The van der Waals surface area contributed by atoms with Crippen LogP contribution in [0.1, 0.15) is 5.56 Å². The Morgan fingerprint density at radius 3 is 2.33 bits per heavy atom. The van der Waals surface area contributed by atoms with E-state index in [0.717, 1.165) is 10.8 Å². The Morgan fingerprint density at radius 2 is 1.72 bits per heavy atom. The fourth-order valence-corrected chi connectivity index (χ4v) is 1.98. The van der Waals surface area contributed by atoms with Crippen molar-refractivity contribution in [2.45, 2.75) is 18.6 Å². The maximum atomic E-state index is 12.7. The molecular formula is C14H14F3N. The molecule has 2 rings (SSSR count). The molecule has 18 heavy (non-hydrogen) atoms. The molecular weight excluding hydrogens is 239 g/mol. The van der Waals surface area contributed by atoms with Crippen LogP contribution in [0.4, 0.5) is 13.2 Å². The molecule has 1 atom stereocenters. The van der Waals surface area contributed by atoms with E-state index in [1.165, 1.54) is 7.05 Å². The van der Waals surface area contributed by atoms with Gasteiger partial charge in [0.25, 0.3) is 0 Å². The van der Waals surface area contributed by atoms with E-state index in [9.17, 15) is 13.2 Å². The molecule has 0 aliphatic carbocycles. The smallest absolute Gasteiger partial charge is 0.309 e. The summed E-state index contributed by atoms with van der Waals surface area (Å²) >= 11 is 0. The largest absolute Gasteiger partial charge is 0.404 e. The molecule has 1 nitrogen and oxygen atoms in total. The van der Waals surface area contributed by atoms with Crippen LogP contribution < -0.4 is 5.32 Å². The second-order valence-electron chi connectivity index (χ2n) is 4.27. The summed E-state index contributed by atoms with van der Waals surface area (Å²) in [5.41, 5.74) is 0.686.